The number of carboxylic acids is 1. The van der Waals surface area contributed by atoms with Crippen molar-refractivity contribution in [2.24, 2.45) is 0 Å². The first-order valence-corrected chi connectivity index (χ1v) is 7.25. The second kappa shape index (κ2) is 6.64. The molecule has 0 aliphatic rings. The van der Waals surface area contributed by atoms with E-state index in [1.165, 1.54) is 0 Å². The number of carboxylic acid groups (broad SMARTS) is 1. The third-order valence-corrected chi connectivity index (χ3v) is 3.71. The molecule has 0 heterocycles. The number of nitrogens with one attached hydrogen (secondary N) is 1. The number of aromatic carboxylic acids is 1. The van der Waals surface area contributed by atoms with Crippen LogP contribution < -0.4 is 5.32 Å². The molecular formula is C17H18ClNO2. The van der Waals surface area contributed by atoms with Crippen LogP contribution in [-0.2, 0) is 0 Å². The van der Waals surface area contributed by atoms with E-state index in [0.29, 0.717) is 5.02 Å². The smallest absolute Gasteiger partial charge is 0.335 e. The highest BCUT2D eigenvalue weighted by molar-refractivity contribution is 6.30. The summed E-state index contributed by atoms with van der Waals surface area (Å²) in [4.78, 5) is 11.1. The van der Waals surface area contributed by atoms with Crippen LogP contribution in [0.1, 0.15) is 40.9 Å². The maximum Gasteiger partial charge on any atom is 0.335 e. The minimum Gasteiger partial charge on any atom is -0.478 e. The number of hydrogen-bond acceptors (Lipinski definition) is 2. The van der Waals surface area contributed by atoms with Crippen molar-refractivity contribution in [2.75, 3.05) is 5.32 Å². The summed E-state index contributed by atoms with van der Waals surface area (Å²) in [6, 6.07) is 12.9. The highest BCUT2D eigenvalue weighted by atomic mass is 35.5. The summed E-state index contributed by atoms with van der Waals surface area (Å²) in [6.07, 6.45) is 0.872. The minimum absolute atomic E-state index is 0.0893. The monoisotopic (exact) mass is 303 g/mol. The lowest BCUT2D eigenvalue weighted by molar-refractivity contribution is 0.0697. The van der Waals surface area contributed by atoms with Crippen LogP contribution in [0.5, 0.6) is 0 Å². The molecule has 0 saturated heterocycles. The van der Waals surface area contributed by atoms with Gasteiger partial charge >= 0.3 is 5.97 Å². The van der Waals surface area contributed by atoms with Gasteiger partial charge in [-0.15, -0.1) is 0 Å². The Morgan fingerprint density at radius 1 is 1.29 bits per heavy atom. The lowest BCUT2D eigenvalue weighted by atomic mass is 10.0. The van der Waals surface area contributed by atoms with Gasteiger partial charge in [-0.25, -0.2) is 4.79 Å². The highest BCUT2D eigenvalue weighted by Gasteiger charge is 2.12. The van der Waals surface area contributed by atoms with Gasteiger partial charge in [0.15, 0.2) is 0 Å². The quantitative estimate of drug-likeness (QED) is 0.825. The second-order valence-electron chi connectivity index (χ2n) is 5.00. The molecule has 21 heavy (non-hydrogen) atoms. The van der Waals surface area contributed by atoms with Gasteiger partial charge in [-0.1, -0.05) is 36.7 Å². The molecule has 0 bridgehead atoms. The second-order valence-corrected chi connectivity index (χ2v) is 5.43. The van der Waals surface area contributed by atoms with Crippen LogP contribution in [0.15, 0.2) is 42.5 Å². The number of hydrogen-bond donors (Lipinski definition) is 2. The summed E-state index contributed by atoms with van der Waals surface area (Å²) in [6.45, 7) is 4.04. The largest absolute Gasteiger partial charge is 0.478 e. The zero-order valence-corrected chi connectivity index (χ0v) is 12.8. The summed E-state index contributed by atoms with van der Waals surface area (Å²) in [7, 11) is 0. The van der Waals surface area contributed by atoms with E-state index in [-0.39, 0.29) is 11.6 Å². The molecule has 2 rings (SSSR count). The van der Waals surface area contributed by atoms with Gasteiger partial charge in [-0.05, 0) is 48.7 Å². The molecule has 0 radical (unpaired) electrons. The van der Waals surface area contributed by atoms with Crippen LogP contribution in [0.3, 0.4) is 0 Å². The van der Waals surface area contributed by atoms with Crippen molar-refractivity contribution in [3.63, 3.8) is 0 Å². The SMILES string of the molecule is CCC(Nc1cc(C(=O)O)ccc1C)c1cccc(Cl)c1. The lowest BCUT2D eigenvalue weighted by Gasteiger charge is -2.21. The van der Waals surface area contributed by atoms with E-state index in [9.17, 15) is 4.79 Å². The molecule has 4 heteroatoms. The van der Waals surface area contributed by atoms with Crippen molar-refractivity contribution in [3.8, 4) is 0 Å². The van der Waals surface area contributed by atoms with Gasteiger partial charge in [-0.3, -0.25) is 0 Å². The maximum absolute atomic E-state index is 11.1. The Morgan fingerprint density at radius 2 is 2.05 bits per heavy atom. The van der Waals surface area contributed by atoms with E-state index in [1.807, 2.05) is 37.3 Å². The third kappa shape index (κ3) is 3.76. The van der Waals surface area contributed by atoms with E-state index in [2.05, 4.69) is 12.2 Å². The summed E-state index contributed by atoms with van der Waals surface area (Å²) in [5, 5.41) is 13.2. The molecule has 0 aliphatic heterocycles. The number of halogens is 1. The predicted molar refractivity (Wildman–Crippen MR) is 86.2 cm³/mol. The minimum atomic E-state index is -0.922. The first-order chi connectivity index (χ1) is 10.0. The van der Waals surface area contributed by atoms with Crippen LogP contribution in [0.4, 0.5) is 5.69 Å². The first-order valence-electron chi connectivity index (χ1n) is 6.87. The lowest BCUT2D eigenvalue weighted by Crippen LogP contribution is -2.11. The van der Waals surface area contributed by atoms with E-state index >= 15 is 0 Å². The van der Waals surface area contributed by atoms with E-state index in [0.717, 1.165) is 23.2 Å². The van der Waals surface area contributed by atoms with Gasteiger partial charge in [-0.2, -0.15) is 0 Å². The highest BCUT2D eigenvalue weighted by Crippen LogP contribution is 2.27. The Bertz CT molecular complexity index is 655. The molecule has 0 fully saturated rings. The number of benzene rings is 2. The van der Waals surface area contributed by atoms with Crippen LogP contribution in [0, 0.1) is 6.92 Å². The number of aryl methyl sites for hydroxylation is 1. The van der Waals surface area contributed by atoms with Gasteiger partial charge in [0.25, 0.3) is 0 Å². The van der Waals surface area contributed by atoms with E-state index in [1.54, 1.807) is 12.1 Å². The Labute approximate surface area is 129 Å². The van der Waals surface area contributed by atoms with Crippen molar-refractivity contribution in [1.82, 2.24) is 0 Å². The molecule has 3 nitrogen and oxygen atoms in total. The number of anilines is 1. The van der Waals surface area contributed by atoms with E-state index < -0.39 is 5.97 Å². The molecule has 0 aromatic heterocycles. The van der Waals surface area contributed by atoms with Crippen LogP contribution >= 0.6 is 11.6 Å². The molecule has 1 atom stereocenters. The summed E-state index contributed by atoms with van der Waals surface area (Å²) in [5.41, 5.74) is 3.22. The first kappa shape index (κ1) is 15.4. The van der Waals surface area contributed by atoms with Crippen molar-refractivity contribution in [1.29, 1.82) is 0 Å². The predicted octanol–water partition coefficient (Wildman–Crippen LogP) is 4.91. The topological polar surface area (TPSA) is 49.3 Å². The maximum atomic E-state index is 11.1. The van der Waals surface area contributed by atoms with Crippen LogP contribution in [0.2, 0.25) is 5.02 Å². The summed E-state index contributed by atoms with van der Waals surface area (Å²) >= 11 is 6.04. The van der Waals surface area contributed by atoms with Gasteiger partial charge in [0.1, 0.15) is 0 Å². The zero-order valence-electron chi connectivity index (χ0n) is 12.1. The summed E-state index contributed by atoms with van der Waals surface area (Å²) in [5.74, 6) is -0.922. The van der Waals surface area contributed by atoms with Gasteiger partial charge in [0.05, 0.1) is 11.6 Å². The van der Waals surface area contributed by atoms with Crippen LogP contribution in [0.25, 0.3) is 0 Å². The molecule has 2 N–H and O–H groups in total. The van der Waals surface area contributed by atoms with Gasteiger partial charge < -0.3 is 10.4 Å². The van der Waals surface area contributed by atoms with Crippen molar-refractivity contribution >= 4 is 23.3 Å². The third-order valence-electron chi connectivity index (χ3n) is 3.47. The van der Waals surface area contributed by atoms with Crippen molar-refractivity contribution in [3.05, 3.63) is 64.2 Å². The molecule has 110 valence electrons. The fraction of sp³-hybridized carbons (Fsp3) is 0.235. The molecule has 0 spiro atoms. The molecular weight excluding hydrogens is 286 g/mol. The molecule has 0 aliphatic carbocycles. The fourth-order valence-corrected chi connectivity index (χ4v) is 2.44. The normalized spacial score (nSPS) is 12.0. The zero-order chi connectivity index (χ0) is 15.4. The van der Waals surface area contributed by atoms with Crippen LogP contribution in [-0.4, -0.2) is 11.1 Å². The average Bonchev–Trinajstić information content (AvgIpc) is 2.46. The molecule has 0 saturated carbocycles. The van der Waals surface area contributed by atoms with Crippen molar-refractivity contribution in [2.45, 2.75) is 26.3 Å². The van der Waals surface area contributed by atoms with Gasteiger partial charge in [0, 0.05) is 10.7 Å². The number of carbonyl (C=O) groups is 1. The fourth-order valence-electron chi connectivity index (χ4n) is 2.24. The molecule has 0 amide bonds. The van der Waals surface area contributed by atoms with E-state index in [4.69, 9.17) is 16.7 Å². The Hall–Kier alpha value is -2.00. The Kier molecular flexibility index (Phi) is 4.86. The molecule has 2 aromatic carbocycles. The summed E-state index contributed by atoms with van der Waals surface area (Å²) < 4.78 is 0. The van der Waals surface area contributed by atoms with Crippen molar-refractivity contribution < 1.29 is 9.90 Å². The standard InChI is InChI=1S/C17H18ClNO2/c1-3-15(12-5-4-6-14(18)9-12)19-16-10-13(17(20)21)8-7-11(16)2/h4-10,15,19H,3H2,1-2H3,(H,20,21). The molecule has 1 unspecified atom stereocenters. The number of rotatable bonds is 5. The molecule has 2 aromatic rings. The Balaban J connectivity index is 2.30. The Morgan fingerprint density at radius 3 is 2.67 bits per heavy atom. The average molecular weight is 304 g/mol. The van der Waals surface area contributed by atoms with Gasteiger partial charge in [0.2, 0.25) is 0 Å².